The molecule has 1 aromatic carbocycles. The largest absolute Gasteiger partial charge is 0.401 e. The molecular weight excluding hydrogens is 449 g/mol. The number of benzene rings is 1. The number of anilines is 1. The van der Waals surface area contributed by atoms with Crippen molar-refractivity contribution in [2.75, 3.05) is 37.7 Å². The molecule has 0 spiro atoms. The van der Waals surface area contributed by atoms with Crippen LogP contribution in [0.1, 0.15) is 24.4 Å². The smallest absolute Gasteiger partial charge is 0.378 e. The van der Waals surface area contributed by atoms with Crippen LogP contribution in [0.3, 0.4) is 0 Å². The van der Waals surface area contributed by atoms with Gasteiger partial charge in [0.2, 0.25) is 10.7 Å². The van der Waals surface area contributed by atoms with Crippen molar-refractivity contribution in [3.05, 3.63) is 44.7 Å². The van der Waals surface area contributed by atoms with Crippen molar-refractivity contribution in [1.82, 2.24) is 19.2 Å². The van der Waals surface area contributed by atoms with E-state index < -0.39 is 17.6 Å². The molecule has 1 aliphatic heterocycles. The Morgan fingerprint density at radius 1 is 1.25 bits per heavy atom. The summed E-state index contributed by atoms with van der Waals surface area (Å²) in [6, 6.07) is 5.99. The highest BCUT2D eigenvalue weighted by atomic mass is 32.1. The predicted octanol–water partition coefficient (Wildman–Crippen LogP) is 3.52. The molecule has 0 amide bonds. The van der Waals surface area contributed by atoms with Gasteiger partial charge in [-0.05, 0) is 25.1 Å². The number of halogens is 3. The summed E-state index contributed by atoms with van der Waals surface area (Å²) >= 11 is 5.58. The average molecular weight is 472 g/mol. The molecule has 0 radical (unpaired) electrons. The maximum atomic E-state index is 13.3. The minimum atomic E-state index is -4.49. The Labute approximate surface area is 187 Å². The van der Waals surface area contributed by atoms with E-state index in [1.165, 1.54) is 22.9 Å². The van der Waals surface area contributed by atoms with Gasteiger partial charge >= 0.3 is 6.18 Å². The van der Waals surface area contributed by atoms with Gasteiger partial charge in [-0.3, -0.25) is 19.6 Å². The SMILES string of the molecule is O=[N+]([O-])c1ccccc1CN(Cn1nc(N2CCOCC2)n(C2CC2)c1=S)CC(F)(F)F. The molecule has 2 fully saturated rings. The summed E-state index contributed by atoms with van der Waals surface area (Å²) in [4.78, 5) is 13.8. The van der Waals surface area contributed by atoms with Crippen molar-refractivity contribution in [2.24, 2.45) is 0 Å². The lowest BCUT2D eigenvalue weighted by Crippen LogP contribution is -2.38. The number of morpholine rings is 1. The van der Waals surface area contributed by atoms with Crippen molar-refractivity contribution in [3.63, 3.8) is 0 Å². The van der Waals surface area contributed by atoms with Crippen LogP contribution in [0.4, 0.5) is 24.8 Å². The fraction of sp³-hybridized carbons (Fsp3) is 0.579. The zero-order chi connectivity index (χ0) is 22.9. The van der Waals surface area contributed by atoms with Crippen LogP contribution in [0.25, 0.3) is 0 Å². The molecule has 0 N–H and O–H groups in total. The van der Waals surface area contributed by atoms with Crippen molar-refractivity contribution in [3.8, 4) is 0 Å². The quantitative estimate of drug-likeness (QED) is 0.330. The number of nitro groups is 1. The Bertz CT molecular complexity index is 1030. The zero-order valence-electron chi connectivity index (χ0n) is 17.2. The van der Waals surface area contributed by atoms with Gasteiger partial charge in [-0.1, -0.05) is 18.2 Å². The normalized spacial score (nSPS) is 17.2. The number of rotatable bonds is 8. The topological polar surface area (TPSA) is 81.6 Å². The van der Waals surface area contributed by atoms with E-state index in [9.17, 15) is 23.3 Å². The zero-order valence-corrected chi connectivity index (χ0v) is 18.0. The lowest BCUT2D eigenvalue weighted by Gasteiger charge is -2.27. The molecule has 0 unspecified atom stereocenters. The standard InChI is InChI=1S/C19H23F3N6O3S/c20-19(21,22)12-24(11-14-3-1-2-4-16(14)28(29)30)13-26-18(32)27(15-5-6-15)17(23-26)25-7-9-31-10-8-25/h1-4,15H,5-13H2. The van der Waals surface area contributed by atoms with Crippen LogP contribution in [0.5, 0.6) is 0 Å². The molecule has 2 aliphatic rings. The Kier molecular flexibility index (Phi) is 6.49. The van der Waals surface area contributed by atoms with Gasteiger partial charge in [0, 0.05) is 37.3 Å². The van der Waals surface area contributed by atoms with E-state index in [0.717, 1.165) is 17.7 Å². The summed E-state index contributed by atoms with van der Waals surface area (Å²) < 4.78 is 49.0. The Morgan fingerprint density at radius 2 is 1.94 bits per heavy atom. The molecule has 0 bridgehead atoms. The molecule has 32 heavy (non-hydrogen) atoms. The number of aromatic nitrogens is 3. The van der Waals surface area contributed by atoms with Gasteiger partial charge in [-0.15, -0.1) is 5.10 Å². The van der Waals surface area contributed by atoms with E-state index in [4.69, 9.17) is 17.0 Å². The highest BCUT2D eigenvalue weighted by Crippen LogP contribution is 2.38. The van der Waals surface area contributed by atoms with Crippen LogP contribution in [-0.4, -0.2) is 63.2 Å². The lowest BCUT2D eigenvalue weighted by molar-refractivity contribution is -0.385. The first kappa shape index (κ1) is 22.7. The van der Waals surface area contributed by atoms with Crippen molar-refractivity contribution < 1.29 is 22.8 Å². The van der Waals surface area contributed by atoms with Crippen LogP contribution in [0, 0.1) is 14.9 Å². The van der Waals surface area contributed by atoms with Gasteiger partial charge in [-0.2, -0.15) is 13.2 Å². The fourth-order valence-corrected chi connectivity index (χ4v) is 4.12. The molecule has 1 aliphatic carbocycles. The number of hydrogen-bond donors (Lipinski definition) is 0. The monoisotopic (exact) mass is 472 g/mol. The molecule has 2 aromatic rings. The predicted molar refractivity (Wildman–Crippen MR) is 112 cm³/mol. The number of alkyl halides is 3. The van der Waals surface area contributed by atoms with Crippen LogP contribution in [0.15, 0.2) is 24.3 Å². The fourth-order valence-electron chi connectivity index (χ4n) is 3.79. The molecule has 9 nitrogen and oxygen atoms in total. The summed E-state index contributed by atoms with van der Waals surface area (Å²) in [5.41, 5.74) is -0.0240. The summed E-state index contributed by atoms with van der Waals surface area (Å²) in [7, 11) is 0. The Morgan fingerprint density at radius 3 is 2.56 bits per heavy atom. The Balaban J connectivity index is 1.64. The number of nitrogens with zero attached hydrogens (tertiary/aromatic N) is 6. The minimum Gasteiger partial charge on any atom is -0.378 e. The van der Waals surface area contributed by atoms with E-state index in [1.54, 1.807) is 6.07 Å². The third-order valence-corrected chi connectivity index (χ3v) is 5.79. The second-order valence-electron chi connectivity index (χ2n) is 7.91. The minimum absolute atomic E-state index is 0.195. The molecule has 1 saturated carbocycles. The van der Waals surface area contributed by atoms with Crippen molar-refractivity contribution >= 4 is 23.9 Å². The molecule has 13 heteroatoms. The number of hydrogen-bond acceptors (Lipinski definition) is 7. The molecule has 4 rings (SSSR count). The second kappa shape index (κ2) is 9.16. The first-order valence-electron chi connectivity index (χ1n) is 10.3. The third kappa shape index (κ3) is 5.27. The van der Waals surface area contributed by atoms with Crippen LogP contribution < -0.4 is 4.90 Å². The first-order valence-corrected chi connectivity index (χ1v) is 10.7. The molecule has 1 aromatic heterocycles. The third-order valence-electron chi connectivity index (χ3n) is 5.38. The van der Waals surface area contributed by atoms with Crippen LogP contribution >= 0.6 is 12.2 Å². The number of nitro benzene ring substituents is 1. The summed E-state index contributed by atoms with van der Waals surface area (Å²) in [5.74, 6) is 0.637. The van der Waals surface area contributed by atoms with Crippen molar-refractivity contribution in [1.29, 1.82) is 0 Å². The number of ether oxygens (including phenoxy) is 1. The molecule has 174 valence electrons. The highest BCUT2D eigenvalue weighted by Gasteiger charge is 2.34. The van der Waals surface area contributed by atoms with E-state index in [0.29, 0.717) is 37.0 Å². The molecule has 2 heterocycles. The molecule has 1 saturated heterocycles. The maximum Gasteiger partial charge on any atom is 0.401 e. The second-order valence-corrected chi connectivity index (χ2v) is 8.28. The average Bonchev–Trinajstić information content (AvgIpc) is 3.52. The van der Waals surface area contributed by atoms with Gasteiger partial charge in [-0.25, -0.2) is 4.68 Å². The first-order chi connectivity index (χ1) is 15.2. The van der Waals surface area contributed by atoms with Crippen molar-refractivity contribution in [2.45, 2.75) is 38.3 Å². The van der Waals surface area contributed by atoms with Gasteiger partial charge < -0.3 is 9.64 Å². The summed E-state index contributed by atoms with van der Waals surface area (Å²) in [5, 5.41) is 15.9. The number of para-hydroxylation sites is 1. The van der Waals surface area contributed by atoms with Crippen LogP contribution in [-0.2, 0) is 18.0 Å². The molecular formula is C19H23F3N6O3S. The van der Waals surface area contributed by atoms with Gasteiger partial charge in [0.25, 0.3) is 5.69 Å². The van der Waals surface area contributed by atoms with E-state index in [-0.39, 0.29) is 30.5 Å². The van der Waals surface area contributed by atoms with Crippen LogP contribution in [0.2, 0.25) is 0 Å². The summed E-state index contributed by atoms with van der Waals surface area (Å²) in [6.45, 7) is 0.597. The van der Waals surface area contributed by atoms with Gasteiger partial charge in [0.15, 0.2) is 0 Å². The Hall–Kier alpha value is -2.51. The molecule has 0 atom stereocenters. The summed E-state index contributed by atoms with van der Waals surface area (Å²) in [6.07, 6.45) is -2.60. The van der Waals surface area contributed by atoms with E-state index in [2.05, 4.69) is 5.10 Å². The lowest BCUT2D eigenvalue weighted by atomic mass is 10.1. The van der Waals surface area contributed by atoms with E-state index >= 15 is 0 Å². The van der Waals surface area contributed by atoms with Gasteiger partial charge in [0.1, 0.15) is 0 Å². The highest BCUT2D eigenvalue weighted by molar-refractivity contribution is 7.71. The van der Waals surface area contributed by atoms with Gasteiger partial charge in [0.05, 0.1) is 31.4 Å². The maximum absolute atomic E-state index is 13.3. The van der Waals surface area contributed by atoms with E-state index in [1.807, 2.05) is 9.47 Å².